The smallest absolute Gasteiger partial charge is 0.379 e. The summed E-state index contributed by atoms with van der Waals surface area (Å²) in [6, 6.07) is 7.74. The maximum atomic E-state index is 12.5. The van der Waals surface area contributed by atoms with Crippen molar-refractivity contribution >= 4 is 40.9 Å². The van der Waals surface area contributed by atoms with Crippen molar-refractivity contribution in [3.63, 3.8) is 0 Å². The van der Waals surface area contributed by atoms with E-state index in [1.807, 2.05) is 0 Å². The minimum Gasteiger partial charge on any atom is -0.490 e. The van der Waals surface area contributed by atoms with Crippen LogP contribution in [0.1, 0.15) is 30.0 Å². The fourth-order valence-electron chi connectivity index (χ4n) is 2.64. The molecule has 0 bridgehead atoms. The van der Waals surface area contributed by atoms with Crippen LogP contribution in [0, 0.1) is 0 Å². The molecule has 31 heavy (non-hydrogen) atoms. The van der Waals surface area contributed by atoms with Crippen molar-refractivity contribution in [1.82, 2.24) is 4.90 Å². The van der Waals surface area contributed by atoms with E-state index in [1.165, 1.54) is 24.5 Å². The number of furan rings is 1. The van der Waals surface area contributed by atoms with E-state index in [4.69, 9.17) is 18.6 Å². The number of hydrogen-bond donors (Lipinski definition) is 0. The lowest BCUT2D eigenvalue weighted by Crippen LogP contribution is -2.34. The standard InChI is InChI=1S/C21H19NO8S/c1-3-27-16-10-13(7-8-14(16)30-20(25)15-6-5-9-29-15)11-17-19(24)22(21(26)31-17)12-18(23)28-4-2/h5-11H,3-4,12H2,1-2H3/b17-11-. The number of thioether (sulfide) groups is 1. The molecule has 2 amide bonds. The summed E-state index contributed by atoms with van der Waals surface area (Å²) in [5.74, 6) is -1.43. The fourth-order valence-corrected chi connectivity index (χ4v) is 3.47. The first kappa shape index (κ1) is 22.2. The normalized spacial score (nSPS) is 14.8. The number of benzene rings is 1. The topological polar surface area (TPSA) is 112 Å². The Kier molecular flexibility index (Phi) is 7.14. The van der Waals surface area contributed by atoms with Gasteiger partial charge in [0.25, 0.3) is 11.1 Å². The van der Waals surface area contributed by atoms with Crippen LogP contribution in [-0.4, -0.2) is 47.7 Å². The molecule has 1 aromatic carbocycles. The summed E-state index contributed by atoms with van der Waals surface area (Å²) in [7, 11) is 0. The molecule has 1 aliphatic rings. The Hall–Kier alpha value is -3.53. The molecule has 1 aliphatic heterocycles. The van der Waals surface area contributed by atoms with Gasteiger partial charge in [-0.3, -0.25) is 19.3 Å². The predicted octanol–water partition coefficient (Wildman–Crippen LogP) is 3.50. The van der Waals surface area contributed by atoms with Gasteiger partial charge in [-0.15, -0.1) is 0 Å². The molecule has 9 nitrogen and oxygen atoms in total. The van der Waals surface area contributed by atoms with Crippen LogP contribution in [0.3, 0.4) is 0 Å². The minimum absolute atomic E-state index is 0.0433. The third-order valence-corrected chi connectivity index (χ3v) is 4.86. The number of esters is 2. The summed E-state index contributed by atoms with van der Waals surface area (Å²) in [4.78, 5) is 49.4. The first-order valence-corrected chi connectivity index (χ1v) is 10.2. The first-order chi connectivity index (χ1) is 14.9. The number of carbonyl (C=O) groups is 4. The van der Waals surface area contributed by atoms with Gasteiger partial charge in [-0.05, 0) is 61.5 Å². The second-order valence-corrected chi connectivity index (χ2v) is 7.07. The van der Waals surface area contributed by atoms with E-state index in [9.17, 15) is 19.2 Å². The van der Waals surface area contributed by atoms with Gasteiger partial charge >= 0.3 is 11.9 Å². The van der Waals surface area contributed by atoms with E-state index in [2.05, 4.69) is 0 Å². The van der Waals surface area contributed by atoms with E-state index < -0.39 is 29.6 Å². The van der Waals surface area contributed by atoms with Crippen LogP contribution in [-0.2, 0) is 14.3 Å². The lowest BCUT2D eigenvalue weighted by Gasteiger charge is -2.11. The van der Waals surface area contributed by atoms with Crippen LogP contribution in [0.5, 0.6) is 11.5 Å². The third-order valence-electron chi connectivity index (χ3n) is 3.96. The Morgan fingerprint density at radius 2 is 1.94 bits per heavy atom. The molecule has 1 saturated heterocycles. The van der Waals surface area contributed by atoms with Crippen LogP contribution >= 0.6 is 11.8 Å². The Bertz CT molecular complexity index is 1030. The summed E-state index contributed by atoms with van der Waals surface area (Å²) >= 11 is 0.721. The Balaban J connectivity index is 1.79. The SMILES string of the molecule is CCOC(=O)CN1C(=O)S/C(=C\c2ccc(OC(=O)c3ccco3)c(OCC)c2)C1=O. The predicted molar refractivity (Wildman–Crippen MR) is 111 cm³/mol. The van der Waals surface area contributed by atoms with Crippen molar-refractivity contribution in [1.29, 1.82) is 0 Å². The maximum Gasteiger partial charge on any atom is 0.379 e. The van der Waals surface area contributed by atoms with Crippen molar-refractivity contribution in [3.8, 4) is 11.5 Å². The molecule has 162 valence electrons. The number of imide groups is 1. The molecule has 0 saturated carbocycles. The highest BCUT2D eigenvalue weighted by atomic mass is 32.2. The molecular formula is C21H19NO8S. The Labute approximate surface area is 181 Å². The lowest BCUT2D eigenvalue weighted by molar-refractivity contribution is -0.145. The van der Waals surface area contributed by atoms with Crippen molar-refractivity contribution in [3.05, 3.63) is 52.8 Å². The van der Waals surface area contributed by atoms with Crippen LogP contribution < -0.4 is 9.47 Å². The fraction of sp³-hybridized carbons (Fsp3) is 0.238. The molecule has 3 rings (SSSR count). The molecule has 0 N–H and O–H groups in total. The molecule has 0 radical (unpaired) electrons. The quantitative estimate of drug-likeness (QED) is 0.342. The second kappa shape index (κ2) is 9.98. The highest BCUT2D eigenvalue weighted by molar-refractivity contribution is 8.18. The molecule has 1 aromatic heterocycles. The molecule has 0 unspecified atom stereocenters. The van der Waals surface area contributed by atoms with Gasteiger partial charge in [0, 0.05) is 0 Å². The highest BCUT2D eigenvalue weighted by Gasteiger charge is 2.36. The van der Waals surface area contributed by atoms with Crippen molar-refractivity contribution in [2.75, 3.05) is 19.8 Å². The molecule has 2 heterocycles. The summed E-state index contributed by atoms with van der Waals surface area (Å²) in [6.07, 6.45) is 2.86. The van der Waals surface area contributed by atoms with Crippen LogP contribution in [0.2, 0.25) is 0 Å². The number of ether oxygens (including phenoxy) is 3. The number of amides is 2. The zero-order valence-electron chi connectivity index (χ0n) is 16.8. The zero-order valence-corrected chi connectivity index (χ0v) is 17.6. The zero-order chi connectivity index (χ0) is 22.4. The Morgan fingerprint density at radius 1 is 1.13 bits per heavy atom. The van der Waals surface area contributed by atoms with E-state index in [0.717, 1.165) is 16.7 Å². The van der Waals surface area contributed by atoms with Crippen molar-refractivity contribution in [2.24, 2.45) is 0 Å². The lowest BCUT2D eigenvalue weighted by atomic mass is 10.2. The van der Waals surface area contributed by atoms with Crippen LogP contribution in [0.25, 0.3) is 6.08 Å². The average molecular weight is 445 g/mol. The number of rotatable bonds is 8. The maximum absolute atomic E-state index is 12.5. The number of hydrogen-bond acceptors (Lipinski definition) is 9. The molecule has 0 atom stereocenters. The average Bonchev–Trinajstić information content (AvgIpc) is 3.35. The first-order valence-electron chi connectivity index (χ1n) is 9.36. The summed E-state index contributed by atoms with van der Waals surface area (Å²) in [5, 5.41) is -0.557. The van der Waals surface area contributed by atoms with Crippen LogP contribution in [0.4, 0.5) is 4.79 Å². The van der Waals surface area contributed by atoms with Gasteiger partial charge < -0.3 is 18.6 Å². The molecule has 0 spiro atoms. The van der Waals surface area contributed by atoms with Crippen molar-refractivity contribution < 1.29 is 37.8 Å². The van der Waals surface area contributed by atoms with Gasteiger partial charge in [-0.2, -0.15) is 0 Å². The highest BCUT2D eigenvalue weighted by Crippen LogP contribution is 2.35. The van der Waals surface area contributed by atoms with E-state index in [-0.39, 0.29) is 28.8 Å². The largest absolute Gasteiger partial charge is 0.490 e. The second-order valence-electron chi connectivity index (χ2n) is 6.08. The molecule has 2 aromatic rings. The van der Waals surface area contributed by atoms with Gasteiger partial charge in [0.2, 0.25) is 5.76 Å². The molecule has 10 heteroatoms. The molecule has 1 fully saturated rings. The van der Waals surface area contributed by atoms with E-state index in [1.54, 1.807) is 32.0 Å². The summed E-state index contributed by atoms with van der Waals surface area (Å²) in [5.41, 5.74) is 0.544. The van der Waals surface area contributed by atoms with Gasteiger partial charge in [-0.25, -0.2) is 4.79 Å². The van der Waals surface area contributed by atoms with Gasteiger partial charge in [0.1, 0.15) is 6.54 Å². The van der Waals surface area contributed by atoms with Crippen LogP contribution in [0.15, 0.2) is 45.9 Å². The number of nitrogens with zero attached hydrogens (tertiary/aromatic N) is 1. The summed E-state index contributed by atoms with van der Waals surface area (Å²) in [6.45, 7) is 3.43. The van der Waals surface area contributed by atoms with Gasteiger partial charge in [-0.1, -0.05) is 6.07 Å². The number of carbonyl (C=O) groups excluding carboxylic acids is 4. The molecular weight excluding hydrogens is 426 g/mol. The third kappa shape index (κ3) is 5.34. The van der Waals surface area contributed by atoms with E-state index in [0.29, 0.717) is 12.2 Å². The molecule has 0 aliphatic carbocycles. The Morgan fingerprint density at radius 3 is 2.61 bits per heavy atom. The summed E-state index contributed by atoms with van der Waals surface area (Å²) < 4.78 is 20.7. The van der Waals surface area contributed by atoms with E-state index >= 15 is 0 Å². The monoisotopic (exact) mass is 445 g/mol. The van der Waals surface area contributed by atoms with Gasteiger partial charge in [0.15, 0.2) is 11.5 Å². The van der Waals surface area contributed by atoms with Gasteiger partial charge in [0.05, 0.1) is 24.4 Å². The minimum atomic E-state index is -0.682. The van der Waals surface area contributed by atoms with Crippen molar-refractivity contribution in [2.45, 2.75) is 13.8 Å².